The molecule has 0 unspecified atom stereocenters. The van der Waals surface area contributed by atoms with E-state index < -0.39 is 53.2 Å². The van der Waals surface area contributed by atoms with E-state index >= 15 is 0 Å². The molecule has 7 rings (SSSR count). The Bertz CT molecular complexity index is 2280. The van der Waals surface area contributed by atoms with Crippen LogP contribution in [0.2, 0.25) is 0 Å². The van der Waals surface area contributed by atoms with E-state index in [-0.39, 0.29) is 56.4 Å². The van der Waals surface area contributed by atoms with Gasteiger partial charge in [-0.3, -0.25) is 9.88 Å². The van der Waals surface area contributed by atoms with Gasteiger partial charge in [0.25, 0.3) is 0 Å². The average Bonchev–Trinajstić information content (AvgIpc) is 4.07. The normalized spacial score (nSPS) is 19.0. The molecule has 3 aliphatic heterocycles. The highest BCUT2D eigenvalue weighted by Gasteiger charge is 2.44. The van der Waals surface area contributed by atoms with Crippen LogP contribution in [-0.4, -0.2) is 118 Å². The molecule has 2 aromatic carbocycles. The smallest absolute Gasteiger partial charge is 0.407 e. The third-order valence-electron chi connectivity index (χ3n) is 10.6. The van der Waals surface area contributed by atoms with Gasteiger partial charge in [0.1, 0.15) is 31.2 Å². The Labute approximate surface area is 371 Å². The number of carbonyl (C=O) groups excluding carboxylic acids is 2. The molecule has 5 heterocycles. The molecule has 1 amide bonds. The minimum absolute atomic E-state index is 0.0310. The number of benzene rings is 2. The van der Waals surface area contributed by atoms with Crippen LogP contribution in [0.1, 0.15) is 47.9 Å². The molecule has 4 aromatic rings. The number of nitrogens with zero attached hydrogens (tertiary/aromatic N) is 4. The van der Waals surface area contributed by atoms with Crippen molar-refractivity contribution in [1.82, 2.24) is 24.5 Å². The predicted molar refractivity (Wildman–Crippen MR) is 230 cm³/mol. The molecular weight excluding hydrogens is 855 g/mol. The maximum Gasteiger partial charge on any atom is 0.407 e. The second kappa shape index (κ2) is 21.2. The lowest BCUT2D eigenvalue weighted by Crippen LogP contribution is -2.53. The van der Waals surface area contributed by atoms with Crippen molar-refractivity contribution in [1.29, 1.82) is 0 Å². The summed E-state index contributed by atoms with van der Waals surface area (Å²) in [6.45, 7) is 8.36. The minimum atomic E-state index is -4.24. The van der Waals surface area contributed by atoms with Gasteiger partial charge in [0.15, 0.2) is 17.8 Å². The SMILES string of the molecule is Cc1cccc(CN(C)COCC(=O)O[C@H](CN(CC(C)C)S(=O)(=O)c2ccc3c(c2)OCO3)[C@H](Cc2ccc(OCc3csc(C)n3)cc2)NC(=O)O[C@H]2CO[C@H]3OCC[C@H]32)n1. The summed E-state index contributed by atoms with van der Waals surface area (Å²) >= 11 is 1.54. The first-order valence-corrected chi connectivity index (χ1v) is 23.2. The summed E-state index contributed by atoms with van der Waals surface area (Å²) in [5.74, 6) is 0.290. The van der Waals surface area contributed by atoms with Crippen LogP contribution in [0.5, 0.6) is 17.2 Å². The Kier molecular flexibility index (Phi) is 15.5. The standard InChI is InChI=1S/C44H55N5O12S2/c1-28(2)19-49(63(52,53)35-13-14-38-39(18-35)59-27-58-38)21-40(60-42(50)24-54-26-48(5)20-32-8-6-7-29(3)45-32)37(47-44(51)61-41-23-57-43-36(41)15-16-55-43)17-31-9-11-34(12-10-31)56-22-33-25-62-30(4)46-33/h6-14,18,25,28,36-37,40-41,43H,15-17,19-24,26-27H2,1-5H3,(H,47,51)/t36-,37-,40+,41-,43+/m0/s1. The number of amides is 1. The van der Waals surface area contributed by atoms with Crippen molar-refractivity contribution in [2.45, 2.75) is 83.1 Å². The van der Waals surface area contributed by atoms with Crippen LogP contribution in [0.15, 0.2) is 70.9 Å². The third-order valence-corrected chi connectivity index (χ3v) is 13.2. The van der Waals surface area contributed by atoms with Crippen molar-refractivity contribution in [2.75, 3.05) is 53.5 Å². The van der Waals surface area contributed by atoms with Crippen LogP contribution in [0, 0.1) is 25.7 Å². The maximum absolute atomic E-state index is 14.5. The lowest BCUT2D eigenvalue weighted by molar-refractivity contribution is -0.158. The number of aromatic nitrogens is 2. The third kappa shape index (κ3) is 12.6. The Hall–Kier alpha value is -4.89. The summed E-state index contributed by atoms with van der Waals surface area (Å²) in [5.41, 5.74) is 3.28. The first kappa shape index (κ1) is 46.1. The number of hydrogen-bond acceptors (Lipinski definition) is 16. The highest BCUT2D eigenvalue weighted by atomic mass is 32.2. The molecule has 17 nitrogen and oxygen atoms in total. The fraction of sp³-hybridized carbons (Fsp3) is 0.500. The molecule has 2 fully saturated rings. The van der Waals surface area contributed by atoms with E-state index in [0.29, 0.717) is 43.4 Å². The van der Waals surface area contributed by atoms with Gasteiger partial charge in [0.05, 0.1) is 59.7 Å². The number of nitrogens with one attached hydrogen (secondary N) is 1. The number of rotatable bonds is 21. The first-order valence-electron chi connectivity index (χ1n) is 20.9. The number of aryl methyl sites for hydroxylation is 2. The van der Waals surface area contributed by atoms with Crippen LogP contribution in [0.25, 0.3) is 0 Å². The maximum atomic E-state index is 14.5. The summed E-state index contributed by atoms with van der Waals surface area (Å²) in [4.78, 5) is 38.5. The molecule has 19 heteroatoms. The zero-order chi connectivity index (χ0) is 44.5. The molecule has 0 aliphatic carbocycles. The van der Waals surface area contributed by atoms with Crippen molar-refractivity contribution >= 4 is 33.4 Å². The van der Waals surface area contributed by atoms with Gasteiger partial charge in [-0.1, -0.05) is 32.0 Å². The van der Waals surface area contributed by atoms with Crippen LogP contribution in [0.4, 0.5) is 4.79 Å². The van der Waals surface area contributed by atoms with Gasteiger partial charge in [-0.25, -0.2) is 23.0 Å². The number of pyridine rings is 1. The lowest BCUT2D eigenvalue weighted by atomic mass is 10.0. The molecule has 340 valence electrons. The Morgan fingerprint density at radius 1 is 0.984 bits per heavy atom. The molecule has 0 saturated carbocycles. The van der Waals surface area contributed by atoms with E-state index in [1.54, 1.807) is 29.5 Å². The zero-order valence-electron chi connectivity index (χ0n) is 36.1. The molecule has 63 heavy (non-hydrogen) atoms. The molecule has 0 bridgehead atoms. The molecule has 2 saturated heterocycles. The summed E-state index contributed by atoms with van der Waals surface area (Å²) < 4.78 is 76.5. The van der Waals surface area contributed by atoms with Gasteiger partial charge >= 0.3 is 12.1 Å². The molecule has 3 aliphatic rings. The summed E-state index contributed by atoms with van der Waals surface area (Å²) in [7, 11) is -2.41. The number of sulfonamides is 1. The van der Waals surface area contributed by atoms with E-state index in [1.165, 1.54) is 16.4 Å². The Morgan fingerprint density at radius 3 is 2.56 bits per heavy atom. The summed E-state index contributed by atoms with van der Waals surface area (Å²) in [5, 5.41) is 5.83. The highest BCUT2D eigenvalue weighted by Crippen LogP contribution is 2.36. The number of esters is 1. The van der Waals surface area contributed by atoms with E-state index in [4.69, 9.17) is 37.9 Å². The Morgan fingerprint density at radius 2 is 1.79 bits per heavy atom. The van der Waals surface area contributed by atoms with Gasteiger partial charge in [0.2, 0.25) is 16.8 Å². The van der Waals surface area contributed by atoms with Gasteiger partial charge in [-0.2, -0.15) is 4.31 Å². The topological polar surface area (TPSA) is 186 Å². The fourth-order valence-corrected chi connectivity index (χ4v) is 9.79. The average molecular weight is 910 g/mol. The van der Waals surface area contributed by atoms with E-state index in [0.717, 1.165) is 27.7 Å². The highest BCUT2D eigenvalue weighted by molar-refractivity contribution is 7.89. The monoisotopic (exact) mass is 909 g/mol. The zero-order valence-corrected chi connectivity index (χ0v) is 37.7. The van der Waals surface area contributed by atoms with Crippen molar-refractivity contribution in [3.63, 3.8) is 0 Å². The second-order valence-corrected chi connectivity index (χ2v) is 19.2. The van der Waals surface area contributed by atoms with Gasteiger partial charge < -0.3 is 43.2 Å². The van der Waals surface area contributed by atoms with E-state index in [9.17, 15) is 18.0 Å². The number of fused-ring (bicyclic) bond motifs is 2. The van der Waals surface area contributed by atoms with Crippen LogP contribution >= 0.6 is 11.3 Å². The van der Waals surface area contributed by atoms with Crippen LogP contribution in [-0.2, 0) is 58.1 Å². The number of thiazole rings is 1. The molecule has 1 N–H and O–H groups in total. The van der Waals surface area contributed by atoms with E-state index in [2.05, 4.69) is 15.3 Å². The Balaban J connectivity index is 1.14. The number of ether oxygens (including phenoxy) is 8. The summed E-state index contributed by atoms with van der Waals surface area (Å²) in [6.07, 6.45) is -2.26. The van der Waals surface area contributed by atoms with Crippen molar-refractivity contribution in [3.8, 4) is 17.2 Å². The van der Waals surface area contributed by atoms with Crippen molar-refractivity contribution in [3.05, 3.63) is 93.7 Å². The van der Waals surface area contributed by atoms with Gasteiger partial charge in [0, 0.05) is 30.2 Å². The number of carbonyl (C=O) groups is 2. The van der Waals surface area contributed by atoms with Gasteiger partial charge in [-0.15, -0.1) is 11.3 Å². The molecule has 0 spiro atoms. The van der Waals surface area contributed by atoms with Crippen LogP contribution < -0.4 is 19.5 Å². The number of alkyl carbamates (subject to hydrolysis) is 1. The van der Waals surface area contributed by atoms with Crippen molar-refractivity contribution in [2.24, 2.45) is 11.8 Å². The minimum Gasteiger partial charge on any atom is -0.487 e. The molecule has 2 aromatic heterocycles. The number of hydrogen-bond donors (Lipinski definition) is 1. The first-order chi connectivity index (χ1) is 30.3. The van der Waals surface area contributed by atoms with Gasteiger partial charge in [-0.05, 0) is 81.6 Å². The largest absolute Gasteiger partial charge is 0.487 e. The summed E-state index contributed by atoms with van der Waals surface area (Å²) in [6, 6.07) is 16.4. The quantitative estimate of drug-likeness (QED) is 0.0846. The predicted octanol–water partition coefficient (Wildman–Crippen LogP) is 5.23. The lowest BCUT2D eigenvalue weighted by Gasteiger charge is -2.33. The second-order valence-electron chi connectivity index (χ2n) is 16.2. The van der Waals surface area contributed by atoms with Crippen LogP contribution in [0.3, 0.4) is 0 Å². The van der Waals surface area contributed by atoms with Crippen molar-refractivity contribution < 1.29 is 55.9 Å². The molecular formula is C44H55N5O12S2. The van der Waals surface area contributed by atoms with E-state index in [1.807, 2.05) is 75.4 Å². The molecule has 0 radical (unpaired) electrons. The molecule has 5 atom stereocenters. The fourth-order valence-electron chi connectivity index (χ4n) is 7.56.